The molecule has 2 aromatic heterocycles. The molecule has 5 aromatic carbocycles. The van der Waals surface area contributed by atoms with Crippen molar-refractivity contribution in [3.63, 3.8) is 0 Å². The number of nitrogens with one attached hydrogen (secondary N) is 2. The number of carbonyl (C=O) groups is 1. The number of aromatic nitrogens is 4. The maximum absolute atomic E-state index is 13.8. The van der Waals surface area contributed by atoms with Crippen LogP contribution in [-0.2, 0) is 34.6 Å². The van der Waals surface area contributed by atoms with Crippen LogP contribution in [0.15, 0.2) is 139 Å². The van der Waals surface area contributed by atoms with E-state index in [1.165, 1.54) is 6.33 Å². The fraction of sp³-hybridized carbons (Fsp3) is 0.333. The van der Waals surface area contributed by atoms with Gasteiger partial charge in [-0.05, 0) is 103 Å². The third-order valence-corrected chi connectivity index (χ3v) is 22.2. The van der Waals surface area contributed by atoms with Gasteiger partial charge in [0.05, 0.1) is 27.2 Å². The first-order valence-corrected chi connectivity index (χ1v) is 30.3. The molecule has 74 heavy (non-hydrogen) atoms. The number of halogens is 2. The number of amides is 1. The van der Waals surface area contributed by atoms with Crippen molar-refractivity contribution in [2.75, 3.05) is 46.8 Å². The minimum Gasteiger partial charge on any atom is -0.497 e. The van der Waals surface area contributed by atoms with Crippen molar-refractivity contribution in [2.24, 2.45) is 0 Å². The molecule has 20 heteroatoms. The summed E-state index contributed by atoms with van der Waals surface area (Å²) < 4.78 is 50.5. The minimum atomic E-state index is -2.70. The SMILES string of the molecule is COc1ccc(C(OC[C@H]2O[C@@H](n3cnc4c(=O)[nH]c(NC(=O)COc5ccccc5)nc43)[C@H](O[Si](C)(C)C(C)(C)C)[C@@H]2OP(SCc2ccc(Cl)cc2Cl)N(C)C)(c2ccccc2)c2ccc(OC)cc2)cc1. The van der Waals surface area contributed by atoms with Crippen LogP contribution in [0.1, 0.15) is 49.3 Å². The monoisotopic (exact) mass is 1100 g/mol. The van der Waals surface area contributed by atoms with Gasteiger partial charge in [-0.1, -0.05) is 134 Å². The van der Waals surface area contributed by atoms with E-state index in [2.05, 4.69) is 49.1 Å². The number of H-pyrrole nitrogens is 1. The lowest BCUT2D eigenvalue weighted by Gasteiger charge is -2.41. The van der Waals surface area contributed by atoms with Gasteiger partial charge >= 0.3 is 0 Å². The highest BCUT2D eigenvalue weighted by molar-refractivity contribution is 8.53. The highest BCUT2D eigenvalue weighted by Crippen LogP contribution is 2.58. The zero-order valence-electron chi connectivity index (χ0n) is 42.7. The quantitative estimate of drug-likeness (QED) is 0.0398. The van der Waals surface area contributed by atoms with Crippen LogP contribution in [0.25, 0.3) is 11.2 Å². The number of rotatable bonds is 21. The van der Waals surface area contributed by atoms with Gasteiger partial charge in [0.15, 0.2) is 39.8 Å². The molecule has 0 spiro atoms. The zero-order valence-corrected chi connectivity index (χ0v) is 46.9. The average molecular weight is 1100 g/mol. The molecule has 0 bridgehead atoms. The summed E-state index contributed by atoms with van der Waals surface area (Å²) >= 11 is 14.6. The molecular formula is C54H61Cl2N6O9PSSi. The zero-order chi connectivity index (χ0) is 52.8. The van der Waals surface area contributed by atoms with Crippen molar-refractivity contribution >= 4 is 73.4 Å². The Bertz CT molecular complexity index is 3010. The Labute approximate surface area is 447 Å². The number of para-hydroxylation sites is 1. The molecule has 15 nitrogen and oxygen atoms in total. The summed E-state index contributed by atoms with van der Waals surface area (Å²) in [6.07, 6.45) is -1.91. The average Bonchev–Trinajstić information content (AvgIpc) is 3.96. The molecule has 1 aliphatic rings. The molecule has 7 aromatic rings. The predicted octanol–water partition coefficient (Wildman–Crippen LogP) is 11.9. The molecule has 390 valence electrons. The van der Waals surface area contributed by atoms with Crippen LogP contribution < -0.4 is 25.1 Å². The summed E-state index contributed by atoms with van der Waals surface area (Å²) in [5.74, 6) is 1.76. The number of aromatic amines is 1. The van der Waals surface area contributed by atoms with Gasteiger partial charge in [-0.3, -0.25) is 29.1 Å². The topological polar surface area (TPSA) is 161 Å². The lowest BCUT2D eigenvalue weighted by atomic mass is 9.80. The van der Waals surface area contributed by atoms with Gasteiger partial charge in [0, 0.05) is 15.8 Å². The van der Waals surface area contributed by atoms with Gasteiger partial charge in [0.2, 0.25) is 5.95 Å². The number of fused-ring (bicyclic) bond motifs is 1. The maximum Gasteiger partial charge on any atom is 0.280 e. The number of carbonyl (C=O) groups excluding carboxylic acids is 1. The van der Waals surface area contributed by atoms with Crippen LogP contribution in [0.4, 0.5) is 5.95 Å². The summed E-state index contributed by atoms with van der Waals surface area (Å²) in [6, 6.07) is 40.1. The Morgan fingerprint density at radius 1 is 0.851 bits per heavy atom. The van der Waals surface area contributed by atoms with E-state index in [1.54, 1.807) is 60.5 Å². The van der Waals surface area contributed by atoms with Crippen LogP contribution in [0.2, 0.25) is 28.2 Å². The molecular weight excluding hydrogens is 1040 g/mol. The number of imidazole rings is 1. The largest absolute Gasteiger partial charge is 0.497 e. The Hall–Kier alpha value is -5.30. The Morgan fingerprint density at radius 3 is 2.04 bits per heavy atom. The van der Waals surface area contributed by atoms with Crippen molar-refractivity contribution in [3.8, 4) is 17.2 Å². The highest BCUT2D eigenvalue weighted by atomic mass is 35.5. The summed E-state index contributed by atoms with van der Waals surface area (Å²) in [6.45, 7) is 10.5. The molecule has 3 heterocycles. The summed E-state index contributed by atoms with van der Waals surface area (Å²) in [5.41, 5.74) is 1.81. The van der Waals surface area contributed by atoms with Gasteiger partial charge in [-0.15, -0.1) is 0 Å². The number of nitrogens with zero attached hydrogens (tertiary/aromatic N) is 4. The molecule has 1 saturated heterocycles. The van der Waals surface area contributed by atoms with Gasteiger partial charge in [0.25, 0.3) is 11.5 Å². The van der Waals surface area contributed by atoms with Crippen LogP contribution >= 0.6 is 42.1 Å². The number of ether oxygens (including phenoxy) is 5. The van der Waals surface area contributed by atoms with Crippen LogP contribution in [0.5, 0.6) is 17.2 Å². The summed E-state index contributed by atoms with van der Waals surface area (Å²) in [5, 5.41) is 3.52. The van der Waals surface area contributed by atoms with E-state index in [-0.39, 0.29) is 35.4 Å². The Morgan fingerprint density at radius 2 is 1.46 bits per heavy atom. The van der Waals surface area contributed by atoms with Crippen molar-refractivity contribution in [1.82, 2.24) is 24.2 Å². The Kier molecular flexibility index (Phi) is 17.6. The second kappa shape index (κ2) is 23.7. The van der Waals surface area contributed by atoms with E-state index < -0.39 is 57.4 Å². The minimum absolute atomic E-state index is 0.0286. The molecule has 1 fully saturated rings. The first-order chi connectivity index (χ1) is 35.4. The fourth-order valence-corrected chi connectivity index (χ4v) is 13.4. The normalized spacial score (nSPS) is 17.6. The van der Waals surface area contributed by atoms with E-state index in [0.29, 0.717) is 33.0 Å². The van der Waals surface area contributed by atoms with Crippen molar-refractivity contribution in [2.45, 2.75) is 74.8 Å². The van der Waals surface area contributed by atoms with E-state index in [9.17, 15) is 9.59 Å². The smallest absolute Gasteiger partial charge is 0.280 e. The Balaban J connectivity index is 1.25. The summed E-state index contributed by atoms with van der Waals surface area (Å²) in [4.78, 5) is 39.0. The van der Waals surface area contributed by atoms with Crippen molar-refractivity contribution < 1.29 is 37.4 Å². The first kappa shape index (κ1) is 54.9. The maximum atomic E-state index is 13.8. The van der Waals surface area contributed by atoms with E-state index in [0.717, 1.165) is 22.3 Å². The van der Waals surface area contributed by atoms with Crippen molar-refractivity contribution in [1.29, 1.82) is 0 Å². The highest BCUT2D eigenvalue weighted by Gasteiger charge is 2.54. The number of hydrogen-bond acceptors (Lipinski definition) is 13. The van der Waals surface area contributed by atoms with Crippen LogP contribution in [-0.4, -0.2) is 98.3 Å². The van der Waals surface area contributed by atoms with Crippen LogP contribution in [0.3, 0.4) is 0 Å². The fourth-order valence-electron chi connectivity index (χ4n) is 8.23. The number of methoxy groups -OCH3 is 2. The molecule has 8 rings (SSSR count). The molecule has 0 aliphatic carbocycles. The van der Waals surface area contributed by atoms with Gasteiger partial charge < -0.3 is 32.6 Å². The van der Waals surface area contributed by atoms with Gasteiger partial charge in [-0.2, -0.15) is 4.98 Å². The number of anilines is 1. The third-order valence-electron chi connectivity index (χ3n) is 13.1. The van der Waals surface area contributed by atoms with E-state index in [4.69, 9.17) is 60.8 Å². The van der Waals surface area contributed by atoms with E-state index in [1.807, 2.05) is 116 Å². The first-order valence-electron chi connectivity index (χ1n) is 23.9. The molecule has 1 aliphatic heterocycles. The second-order valence-corrected chi connectivity index (χ2v) is 28.6. The van der Waals surface area contributed by atoms with Crippen LogP contribution in [0, 0.1) is 0 Å². The lowest BCUT2D eigenvalue weighted by molar-refractivity contribution is -0.118. The third kappa shape index (κ3) is 12.3. The number of hydrogen-bond donors (Lipinski definition) is 2. The lowest BCUT2D eigenvalue weighted by Crippen LogP contribution is -2.49. The van der Waals surface area contributed by atoms with E-state index >= 15 is 0 Å². The van der Waals surface area contributed by atoms with Crippen molar-refractivity contribution in [3.05, 3.63) is 176 Å². The molecule has 1 unspecified atom stereocenters. The van der Waals surface area contributed by atoms with Gasteiger partial charge in [-0.25, -0.2) is 4.98 Å². The molecule has 0 saturated carbocycles. The molecule has 2 N–H and O–H groups in total. The second-order valence-electron chi connectivity index (χ2n) is 19.3. The number of benzene rings is 5. The molecule has 5 atom stereocenters. The molecule has 1 amide bonds. The standard InChI is InChI=1S/C54H61Cl2N6O9PSSi/c1-53(2,3)74(8,9)71-48-47(70-72(61(4)5)73-33-35-20-25-39(55)30-43(35)56)44(69-51(48)62-34-57-46-49(62)59-52(60-50(46)64)58-45(63)32-67-42-18-14-11-15-19-42)31-68-54(36-16-12-10-13-17-36,37-21-26-40(65-6)27-22-37)38-23-28-41(66-7)29-24-38/h10-30,34,44,47-48,51H,31-33H2,1-9H3,(H2,58,59,60,63,64)/t44-,47-,48-,51-,72?/m1/s1. The molecule has 0 radical (unpaired) electrons. The van der Waals surface area contributed by atoms with Gasteiger partial charge in [0.1, 0.15) is 41.2 Å². The summed E-state index contributed by atoms with van der Waals surface area (Å²) in [7, 11) is 3.05. The predicted molar refractivity (Wildman–Crippen MR) is 296 cm³/mol.